The van der Waals surface area contributed by atoms with Crippen LogP contribution in [0, 0.1) is 39.9 Å². The van der Waals surface area contributed by atoms with Crippen LogP contribution in [0.3, 0.4) is 0 Å². The molecule has 14 valence electrons. The van der Waals surface area contributed by atoms with Gasteiger partial charge in [0.05, 0.1) is 0 Å². The smallest absolute Gasteiger partial charge is 0 e. The maximum absolute atomic E-state index is 0. The van der Waals surface area contributed by atoms with Crippen molar-refractivity contribution in [3.05, 3.63) is 0 Å². The fourth-order valence-electron chi connectivity index (χ4n) is 0. The molecule has 0 heterocycles. The fourth-order valence-corrected chi connectivity index (χ4v) is 0. The molecule has 0 aromatic heterocycles. The SMILES string of the molecule is [Ba].[Ba].[Gd].[Sr]. The van der Waals surface area contributed by atoms with Gasteiger partial charge >= 0.3 is 0 Å². The first kappa shape index (κ1) is 22.5. The second-order valence-corrected chi connectivity index (χ2v) is 0. The standard InChI is InChI=1S/2Ba.Gd.Sr. The first-order chi connectivity index (χ1) is 0. The summed E-state index contributed by atoms with van der Waals surface area (Å²) < 4.78 is 0. The van der Waals surface area contributed by atoms with Gasteiger partial charge in [0.1, 0.15) is 0 Å². The van der Waals surface area contributed by atoms with Crippen molar-refractivity contribution in [2.24, 2.45) is 0 Å². The summed E-state index contributed by atoms with van der Waals surface area (Å²) in [7, 11) is 0. The van der Waals surface area contributed by atoms with E-state index in [0.29, 0.717) is 0 Å². The molecule has 0 rings (SSSR count). The van der Waals surface area contributed by atoms with Crippen molar-refractivity contribution in [2.75, 3.05) is 0 Å². The van der Waals surface area contributed by atoms with Gasteiger partial charge in [-0.15, -0.1) is 0 Å². The minimum absolute atomic E-state index is 0. The molecule has 0 saturated heterocycles. The van der Waals surface area contributed by atoms with Crippen molar-refractivity contribution in [2.45, 2.75) is 0 Å². The predicted octanol–water partition coefficient (Wildman–Crippen LogP) is -1.14. The molecule has 0 aromatic carbocycles. The molecule has 0 aliphatic rings. The normalized spacial score (nSPS) is 0. The van der Waals surface area contributed by atoms with Gasteiger partial charge in [-0.05, 0) is 0 Å². The van der Waals surface area contributed by atoms with Gasteiger partial charge in [0.25, 0.3) is 0 Å². The summed E-state index contributed by atoms with van der Waals surface area (Å²) in [6.07, 6.45) is 0. The minimum atomic E-state index is 0. The van der Waals surface area contributed by atoms with E-state index >= 15 is 0 Å². The van der Waals surface area contributed by atoms with Gasteiger partial charge < -0.3 is 0 Å². The van der Waals surface area contributed by atoms with Gasteiger partial charge in [-0.2, -0.15) is 0 Å². The molecule has 0 saturated carbocycles. The molecule has 0 amide bonds. The van der Waals surface area contributed by atoms with Crippen LogP contribution >= 0.6 is 0 Å². The van der Waals surface area contributed by atoms with E-state index in [9.17, 15) is 0 Å². The van der Waals surface area contributed by atoms with Gasteiger partial charge in [-0.25, -0.2) is 0 Å². The summed E-state index contributed by atoms with van der Waals surface area (Å²) in [6, 6.07) is 0. The largest absolute Gasteiger partial charge is 0 e. The monoisotopic (exact) mass is 522 g/mol. The second-order valence-electron chi connectivity index (χ2n) is 0. The second kappa shape index (κ2) is 16.0. The zero-order valence-electron chi connectivity index (χ0n) is 2.47. The average Bonchev–Trinajstić information content (AvgIpc) is 0. The van der Waals surface area contributed by atoms with Crippen molar-refractivity contribution < 1.29 is 39.9 Å². The molecular weight excluding hydrogens is 520 g/mol. The first-order valence-corrected chi connectivity index (χ1v) is 0. The topological polar surface area (TPSA) is 0 Å². The Morgan fingerprint density at radius 3 is 0.750 bits per heavy atom. The quantitative estimate of drug-likeness (QED) is 0.355. The summed E-state index contributed by atoms with van der Waals surface area (Å²) in [5, 5.41) is 0. The van der Waals surface area contributed by atoms with Crippen LogP contribution in [0.1, 0.15) is 0 Å². The Hall–Kier alpha value is 5.95. The molecule has 0 unspecified atom stereocenters. The first-order valence-electron chi connectivity index (χ1n) is 0. The van der Waals surface area contributed by atoms with E-state index in [1.54, 1.807) is 0 Å². The Balaban J connectivity index is 0. The van der Waals surface area contributed by atoms with Crippen LogP contribution in [-0.4, -0.2) is 143 Å². The minimum Gasteiger partial charge on any atom is 0 e. The van der Waals surface area contributed by atoms with E-state index < -0.39 is 0 Å². The maximum atomic E-state index is 0. The summed E-state index contributed by atoms with van der Waals surface area (Å²) >= 11 is 0. The van der Waals surface area contributed by atoms with Crippen molar-refractivity contribution in [1.29, 1.82) is 0 Å². The zero-order chi connectivity index (χ0) is 0. The fraction of sp³-hybridized carbons (Fsp3) is 0. The molecular formula is Ba2GdSr. The third-order valence-corrected chi connectivity index (χ3v) is 0. The molecule has 0 aliphatic carbocycles. The van der Waals surface area contributed by atoms with Crippen LogP contribution in [0.2, 0.25) is 0 Å². The third kappa shape index (κ3) is 10.8. The maximum Gasteiger partial charge on any atom is 0 e. The van der Waals surface area contributed by atoms with E-state index in [1.165, 1.54) is 0 Å². The molecule has 0 aliphatic heterocycles. The van der Waals surface area contributed by atoms with Crippen molar-refractivity contribution in [3.63, 3.8) is 0 Å². The van der Waals surface area contributed by atoms with Crippen LogP contribution in [0.5, 0.6) is 0 Å². The van der Waals surface area contributed by atoms with Crippen LogP contribution in [-0.2, 0) is 0 Å². The Bertz CT molecular complexity index is 6.00. The summed E-state index contributed by atoms with van der Waals surface area (Å²) in [6.45, 7) is 0. The van der Waals surface area contributed by atoms with E-state index in [-0.39, 0.29) is 183 Å². The summed E-state index contributed by atoms with van der Waals surface area (Å²) in [5.41, 5.74) is 0. The van der Waals surface area contributed by atoms with Gasteiger partial charge in [0.15, 0.2) is 0 Å². The molecule has 4 heavy (non-hydrogen) atoms. The van der Waals surface area contributed by atoms with Gasteiger partial charge in [0.2, 0.25) is 0 Å². The molecule has 0 nitrogen and oxygen atoms in total. The summed E-state index contributed by atoms with van der Waals surface area (Å²) in [5.74, 6) is 0. The number of rotatable bonds is 0. The average molecular weight is 520 g/mol. The zero-order valence-corrected chi connectivity index (χ0v) is 17.1. The van der Waals surface area contributed by atoms with Crippen molar-refractivity contribution in [1.82, 2.24) is 0 Å². The third-order valence-electron chi connectivity index (χ3n) is 0. The van der Waals surface area contributed by atoms with Crippen LogP contribution in [0.15, 0.2) is 0 Å². The van der Waals surface area contributed by atoms with Crippen molar-refractivity contribution >= 4 is 143 Å². The molecule has 0 atom stereocenters. The molecule has 0 fully saturated rings. The Morgan fingerprint density at radius 2 is 0.750 bits per heavy atom. The van der Waals surface area contributed by atoms with Gasteiger partial charge in [-0.1, -0.05) is 0 Å². The molecule has 0 N–H and O–H groups in total. The Labute approximate surface area is 176 Å². The summed E-state index contributed by atoms with van der Waals surface area (Å²) in [4.78, 5) is 0. The Kier molecular flexibility index (Phi) is 89.9. The van der Waals surface area contributed by atoms with Crippen LogP contribution in [0.4, 0.5) is 0 Å². The predicted molar refractivity (Wildman–Crippen MR) is 17.3 cm³/mol. The molecule has 0 bridgehead atoms. The van der Waals surface area contributed by atoms with E-state index in [4.69, 9.17) is 0 Å². The van der Waals surface area contributed by atoms with Crippen LogP contribution in [0.25, 0.3) is 0 Å². The van der Waals surface area contributed by atoms with Crippen LogP contribution < -0.4 is 0 Å². The van der Waals surface area contributed by atoms with E-state index in [2.05, 4.69) is 0 Å². The molecule has 6 radical (unpaired) electrons. The van der Waals surface area contributed by atoms with E-state index in [0.717, 1.165) is 0 Å². The number of hydrogen-bond donors (Lipinski definition) is 0. The van der Waals surface area contributed by atoms with Crippen molar-refractivity contribution in [3.8, 4) is 0 Å². The molecule has 0 aromatic rings. The Morgan fingerprint density at radius 1 is 0.750 bits per heavy atom. The molecule has 0 spiro atoms. The van der Waals surface area contributed by atoms with Gasteiger partial charge in [0, 0.05) is 183 Å². The number of hydrogen-bond acceptors (Lipinski definition) is 0. The molecule has 4 heteroatoms. The van der Waals surface area contributed by atoms with E-state index in [1.807, 2.05) is 0 Å². The van der Waals surface area contributed by atoms with Gasteiger partial charge in [-0.3, -0.25) is 0 Å².